The Morgan fingerprint density at radius 3 is 2.80 bits per heavy atom. The minimum Gasteiger partial charge on any atom is -0.497 e. The molecule has 25 heavy (non-hydrogen) atoms. The van der Waals surface area contributed by atoms with E-state index in [4.69, 9.17) is 9.26 Å². The van der Waals surface area contributed by atoms with Crippen LogP contribution in [0.1, 0.15) is 49.4 Å². The van der Waals surface area contributed by atoms with E-state index in [2.05, 4.69) is 15.5 Å². The average molecular weight is 341 g/mol. The van der Waals surface area contributed by atoms with Gasteiger partial charge in [0.15, 0.2) is 5.82 Å². The fraction of sp³-hybridized carbons (Fsp3) is 0.421. The second kappa shape index (κ2) is 7.51. The molecule has 0 bridgehead atoms. The fourth-order valence-corrected chi connectivity index (χ4v) is 3.25. The Labute approximate surface area is 147 Å². The standard InChI is InChI=1S/C19H23N3O3/c1-14-20-18(22-25-14)19(11-4-3-5-12-19)21-17(23)10-9-15-7-6-8-16(13-15)24-2/h6-10,13H,3-5,11-12H2,1-2H3,(H,21,23)/b10-9+. The molecule has 0 spiro atoms. The van der Waals surface area contributed by atoms with Crippen LogP contribution in [-0.2, 0) is 10.3 Å². The first-order valence-electron chi connectivity index (χ1n) is 8.56. The van der Waals surface area contributed by atoms with Crippen molar-refractivity contribution >= 4 is 12.0 Å². The van der Waals surface area contributed by atoms with Crippen molar-refractivity contribution in [2.75, 3.05) is 7.11 Å². The van der Waals surface area contributed by atoms with Crippen LogP contribution in [0.2, 0.25) is 0 Å². The van der Waals surface area contributed by atoms with Gasteiger partial charge in [-0.15, -0.1) is 0 Å². The maximum absolute atomic E-state index is 12.5. The van der Waals surface area contributed by atoms with Crippen molar-refractivity contribution in [3.05, 3.63) is 47.6 Å². The quantitative estimate of drug-likeness (QED) is 0.844. The van der Waals surface area contributed by atoms with Crippen molar-refractivity contribution in [1.82, 2.24) is 15.5 Å². The number of hydrogen-bond acceptors (Lipinski definition) is 5. The summed E-state index contributed by atoms with van der Waals surface area (Å²) >= 11 is 0. The van der Waals surface area contributed by atoms with E-state index in [-0.39, 0.29) is 5.91 Å². The molecule has 0 aliphatic heterocycles. The monoisotopic (exact) mass is 341 g/mol. The van der Waals surface area contributed by atoms with E-state index >= 15 is 0 Å². The lowest BCUT2D eigenvalue weighted by Crippen LogP contribution is -2.47. The summed E-state index contributed by atoms with van der Waals surface area (Å²) in [7, 11) is 1.62. The Hall–Kier alpha value is -2.63. The molecular formula is C19H23N3O3. The van der Waals surface area contributed by atoms with Crippen LogP contribution < -0.4 is 10.1 Å². The molecule has 1 saturated carbocycles. The number of nitrogens with zero attached hydrogens (tertiary/aromatic N) is 2. The number of carbonyl (C=O) groups is 1. The smallest absolute Gasteiger partial charge is 0.244 e. The predicted octanol–water partition coefficient (Wildman–Crippen LogP) is 3.38. The number of ether oxygens (including phenoxy) is 1. The van der Waals surface area contributed by atoms with Gasteiger partial charge in [0.25, 0.3) is 0 Å². The van der Waals surface area contributed by atoms with Crippen LogP contribution in [0.25, 0.3) is 6.08 Å². The van der Waals surface area contributed by atoms with Crippen molar-refractivity contribution in [1.29, 1.82) is 0 Å². The number of methoxy groups -OCH3 is 1. The van der Waals surface area contributed by atoms with Crippen LogP contribution in [0.3, 0.4) is 0 Å². The number of amides is 1. The third kappa shape index (κ3) is 4.07. The summed E-state index contributed by atoms with van der Waals surface area (Å²) in [6.45, 7) is 1.76. The van der Waals surface area contributed by atoms with E-state index < -0.39 is 5.54 Å². The summed E-state index contributed by atoms with van der Waals surface area (Å²) in [5, 5.41) is 7.18. The number of hydrogen-bond donors (Lipinski definition) is 1. The number of aromatic nitrogens is 2. The Bertz CT molecular complexity index is 761. The molecule has 0 radical (unpaired) electrons. The lowest BCUT2D eigenvalue weighted by atomic mass is 9.81. The molecule has 1 aromatic carbocycles. The van der Waals surface area contributed by atoms with Crippen molar-refractivity contribution in [3.8, 4) is 5.75 Å². The van der Waals surface area contributed by atoms with Gasteiger partial charge in [0.1, 0.15) is 11.3 Å². The molecule has 1 fully saturated rings. The number of nitrogens with one attached hydrogen (secondary N) is 1. The summed E-state index contributed by atoms with van der Waals surface area (Å²) in [6.07, 6.45) is 8.19. The van der Waals surface area contributed by atoms with Crippen LogP contribution in [0.5, 0.6) is 5.75 Å². The maximum Gasteiger partial charge on any atom is 0.244 e. The molecule has 1 aromatic heterocycles. The minimum absolute atomic E-state index is 0.160. The zero-order valence-electron chi connectivity index (χ0n) is 14.6. The number of rotatable bonds is 5. The second-order valence-electron chi connectivity index (χ2n) is 6.38. The second-order valence-corrected chi connectivity index (χ2v) is 6.38. The Kier molecular flexibility index (Phi) is 5.16. The topological polar surface area (TPSA) is 77.2 Å². The van der Waals surface area contributed by atoms with Gasteiger partial charge in [0.05, 0.1) is 7.11 Å². The normalized spacial score (nSPS) is 16.7. The van der Waals surface area contributed by atoms with Crippen LogP contribution in [0.15, 0.2) is 34.9 Å². The molecule has 1 amide bonds. The Morgan fingerprint density at radius 2 is 2.12 bits per heavy atom. The SMILES string of the molecule is COc1cccc(/C=C/C(=O)NC2(c3noc(C)n3)CCCCC2)c1. The lowest BCUT2D eigenvalue weighted by molar-refractivity contribution is -0.119. The zero-order valence-corrected chi connectivity index (χ0v) is 14.6. The molecule has 1 aliphatic rings. The van der Waals surface area contributed by atoms with Crippen LogP contribution in [0.4, 0.5) is 0 Å². The molecule has 6 nitrogen and oxygen atoms in total. The van der Waals surface area contributed by atoms with Crippen molar-refractivity contribution in [3.63, 3.8) is 0 Å². The van der Waals surface area contributed by atoms with Crippen molar-refractivity contribution in [2.24, 2.45) is 0 Å². The molecule has 0 atom stereocenters. The fourth-order valence-electron chi connectivity index (χ4n) is 3.25. The van der Waals surface area contributed by atoms with Crippen LogP contribution in [-0.4, -0.2) is 23.2 Å². The van der Waals surface area contributed by atoms with Crippen LogP contribution in [0, 0.1) is 6.92 Å². The van der Waals surface area contributed by atoms with Gasteiger partial charge < -0.3 is 14.6 Å². The van der Waals surface area contributed by atoms with Crippen molar-refractivity contribution < 1.29 is 14.1 Å². The highest BCUT2D eigenvalue weighted by Crippen LogP contribution is 2.35. The zero-order chi connectivity index (χ0) is 17.7. The largest absolute Gasteiger partial charge is 0.497 e. The molecule has 0 unspecified atom stereocenters. The molecular weight excluding hydrogens is 318 g/mol. The summed E-state index contributed by atoms with van der Waals surface area (Å²) in [6, 6.07) is 7.56. The minimum atomic E-state index is -0.536. The van der Waals surface area contributed by atoms with Crippen LogP contribution >= 0.6 is 0 Å². The predicted molar refractivity (Wildman–Crippen MR) is 94.0 cm³/mol. The van der Waals surface area contributed by atoms with Gasteiger partial charge in [-0.25, -0.2) is 0 Å². The molecule has 6 heteroatoms. The van der Waals surface area contributed by atoms with Gasteiger partial charge in [-0.3, -0.25) is 4.79 Å². The molecule has 1 N–H and O–H groups in total. The highest BCUT2D eigenvalue weighted by molar-refractivity contribution is 5.92. The first-order chi connectivity index (χ1) is 12.1. The first-order valence-corrected chi connectivity index (χ1v) is 8.56. The Balaban J connectivity index is 1.75. The number of carbonyl (C=O) groups excluding carboxylic acids is 1. The van der Waals surface area contributed by atoms with E-state index in [1.165, 1.54) is 6.08 Å². The van der Waals surface area contributed by atoms with E-state index in [0.29, 0.717) is 11.7 Å². The van der Waals surface area contributed by atoms with E-state index in [1.807, 2.05) is 24.3 Å². The van der Waals surface area contributed by atoms with E-state index in [0.717, 1.165) is 43.4 Å². The summed E-state index contributed by atoms with van der Waals surface area (Å²) in [5.74, 6) is 1.69. The van der Waals surface area contributed by atoms with Gasteiger partial charge in [0, 0.05) is 13.0 Å². The van der Waals surface area contributed by atoms with Gasteiger partial charge in [0.2, 0.25) is 11.8 Å². The molecule has 0 saturated heterocycles. The highest BCUT2D eigenvalue weighted by atomic mass is 16.5. The number of benzene rings is 1. The molecule has 1 heterocycles. The van der Waals surface area contributed by atoms with Gasteiger partial charge >= 0.3 is 0 Å². The number of aryl methyl sites for hydroxylation is 1. The molecule has 3 rings (SSSR count). The maximum atomic E-state index is 12.5. The Morgan fingerprint density at radius 1 is 1.32 bits per heavy atom. The summed E-state index contributed by atoms with van der Waals surface area (Å²) < 4.78 is 10.3. The molecule has 132 valence electrons. The summed E-state index contributed by atoms with van der Waals surface area (Å²) in [5.41, 5.74) is 0.369. The molecule has 2 aromatic rings. The van der Waals surface area contributed by atoms with Crippen molar-refractivity contribution in [2.45, 2.75) is 44.6 Å². The summed E-state index contributed by atoms with van der Waals surface area (Å²) in [4.78, 5) is 16.9. The van der Waals surface area contributed by atoms with E-state index in [1.54, 1.807) is 20.1 Å². The van der Waals surface area contributed by atoms with Gasteiger partial charge in [-0.05, 0) is 36.6 Å². The molecule has 1 aliphatic carbocycles. The lowest BCUT2D eigenvalue weighted by Gasteiger charge is -2.34. The highest BCUT2D eigenvalue weighted by Gasteiger charge is 2.39. The average Bonchev–Trinajstić information content (AvgIpc) is 3.08. The third-order valence-corrected chi connectivity index (χ3v) is 4.55. The van der Waals surface area contributed by atoms with Gasteiger partial charge in [-0.2, -0.15) is 4.98 Å². The third-order valence-electron chi connectivity index (χ3n) is 4.55. The van der Waals surface area contributed by atoms with E-state index in [9.17, 15) is 4.79 Å². The first kappa shape index (κ1) is 17.2. The van der Waals surface area contributed by atoms with Gasteiger partial charge in [-0.1, -0.05) is 36.6 Å².